The van der Waals surface area contributed by atoms with Crippen LogP contribution in [-0.2, 0) is 5.54 Å². The van der Waals surface area contributed by atoms with E-state index >= 15 is 0 Å². The summed E-state index contributed by atoms with van der Waals surface area (Å²) in [6.45, 7) is 0.107. The smallest absolute Gasteiger partial charge is 0.454 e. The number of hydrogen-bond donors (Lipinski definition) is 3. The van der Waals surface area contributed by atoms with Crippen molar-refractivity contribution in [3.63, 3.8) is 0 Å². The number of benzene rings is 1. The first-order valence-corrected chi connectivity index (χ1v) is 6.20. The van der Waals surface area contributed by atoms with Gasteiger partial charge in [0.2, 0.25) is 6.79 Å². The van der Waals surface area contributed by atoms with Crippen molar-refractivity contribution < 1.29 is 19.5 Å². The molecule has 1 aliphatic carbocycles. The molecule has 2 aliphatic rings. The van der Waals surface area contributed by atoms with E-state index in [1.807, 2.05) is 6.07 Å². The molecule has 3 rings (SSSR count). The lowest BCUT2D eigenvalue weighted by atomic mass is 9.70. The van der Waals surface area contributed by atoms with Gasteiger partial charge in [-0.2, -0.15) is 0 Å². The van der Waals surface area contributed by atoms with Crippen molar-refractivity contribution in [1.29, 1.82) is 0 Å². The van der Waals surface area contributed by atoms with Crippen molar-refractivity contribution in [2.45, 2.75) is 31.2 Å². The van der Waals surface area contributed by atoms with Crippen molar-refractivity contribution >= 4 is 12.6 Å². The number of ether oxygens (including phenoxy) is 2. The highest BCUT2D eigenvalue weighted by molar-refractivity contribution is 6.60. The van der Waals surface area contributed by atoms with Crippen LogP contribution in [0, 0.1) is 0 Å². The summed E-state index contributed by atoms with van der Waals surface area (Å²) in [6, 6.07) is 3.62. The number of nitrogens with two attached hydrogens (primary N) is 1. The molecule has 5 nitrogen and oxygen atoms in total. The lowest BCUT2D eigenvalue weighted by molar-refractivity contribution is 0.174. The van der Waals surface area contributed by atoms with Gasteiger partial charge in [0.15, 0.2) is 11.5 Å². The third-order valence-electron chi connectivity index (χ3n) is 3.87. The van der Waals surface area contributed by atoms with Crippen LogP contribution in [0.1, 0.15) is 31.2 Å². The molecule has 1 heterocycles. The van der Waals surface area contributed by atoms with Gasteiger partial charge in [-0.3, -0.25) is 0 Å². The summed E-state index contributed by atoms with van der Waals surface area (Å²) < 4.78 is 10.6. The first-order chi connectivity index (χ1) is 8.62. The largest absolute Gasteiger partial charge is 0.492 e. The molecule has 1 aliphatic heterocycles. The molecule has 0 aromatic heterocycles. The minimum Gasteiger partial charge on any atom is -0.454 e. The molecule has 1 fully saturated rings. The average Bonchev–Trinajstić information content (AvgIpc) is 2.96. The fraction of sp³-hybridized carbons (Fsp3) is 0.500. The monoisotopic (exact) mass is 249 g/mol. The zero-order valence-electron chi connectivity index (χ0n) is 10.1. The van der Waals surface area contributed by atoms with Gasteiger partial charge in [0.05, 0.1) is 0 Å². The van der Waals surface area contributed by atoms with Crippen molar-refractivity contribution in [3.05, 3.63) is 17.7 Å². The van der Waals surface area contributed by atoms with E-state index in [1.54, 1.807) is 6.07 Å². The molecule has 0 amide bonds. The molecule has 0 saturated heterocycles. The first-order valence-electron chi connectivity index (χ1n) is 6.20. The zero-order valence-corrected chi connectivity index (χ0v) is 10.1. The Kier molecular flexibility index (Phi) is 2.73. The van der Waals surface area contributed by atoms with Crippen LogP contribution in [0.5, 0.6) is 11.5 Å². The second-order valence-electron chi connectivity index (χ2n) is 5.00. The van der Waals surface area contributed by atoms with Gasteiger partial charge < -0.3 is 25.3 Å². The van der Waals surface area contributed by atoms with Crippen LogP contribution in [0.2, 0.25) is 0 Å². The highest BCUT2D eigenvalue weighted by Gasteiger charge is 2.38. The van der Waals surface area contributed by atoms with Crippen molar-refractivity contribution in [2.75, 3.05) is 6.79 Å². The highest BCUT2D eigenvalue weighted by Crippen LogP contribution is 2.40. The van der Waals surface area contributed by atoms with E-state index in [9.17, 15) is 10.0 Å². The van der Waals surface area contributed by atoms with Gasteiger partial charge in [0.25, 0.3) is 0 Å². The topological polar surface area (TPSA) is 84.9 Å². The summed E-state index contributed by atoms with van der Waals surface area (Å²) in [5.74, 6) is 0.961. The van der Waals surface area contributed by atoms with Gasteiger partial charge >= 0.3 is 7.12 Å². The normalized spacial score (nSPS) is 20.2. The molecule has 96 valence electrons. The summed E-state index contributed by atoms with van der Waals surface area (Å²) in [6.07, 6.45) is 3.83. The van der Waals surface area contributed by atoms with E-state index in [0.29, 0.717) is 17.0 Å². The summed E-state index contributed by atoms with van der Waals surface area (Å²) in [5.41, 5.74) is 7.03. The van der Waals surface area contributed by atoms with E-state index in [2.05, 4.69) is 0 Å². The summed E-state index contributed by atoms with van der Waals surface area (Å²) in [4.78, 5) is 0. The minimum atomic E-state index is -1.60. The van der Waals surface area contributed by atoms with Gasteiger partial charge in [-0.25, -0.2) is 0 Å². The standard InChI is InChI=1S/C12H16BNO4/c14-12(5-1-2-6-12)8-3-4-9-11(18-7-17-9)10(8)13(15)16/h3-4,15-16H,1-2,5-7,14H2. The van der Waals surface area contributed by atoms with Crippen molar-refractivity contribution in [3.8, 4) is 11.5 Å². The molecule has 18 heavy (non-hydrogen) atoms. The van der Waals surface area contributed by atoms with Crippen LogP contribution in [0.15, 0.2) is 12.1 Å². The lowest BCUT2D eigenvalue weighted by Gasteiger charge is -2.27. The second kappa shape index (κ2) is 4.15. The Labute approximate surface area is 106 Å². The molecule has 0 spiro atoms. The van der Waals surface area contributed by atoms with E-state index in [1.165, 1.54) is 0 Å². The van der Waals surface area contributed by atoms with Crippen molar-refractivity contribution in [1.82, 2.24) is 0 Å². The van der Waals surface area contributed by atoms with E-state index in [-0.39, 0.29) is 6.79 Å². The molecule has 4 N–H and O–H groups in total. The number of fused-ring (bicyclic) bond motifs is 1. The van der Waals surface area contributed by atoms with Crippen molar-refractivity contribution in [2.24, 2.45) is 5.73 Å². The fourth-order valence-corrected chi connectivity index (χ4v) is 2.96. The molecule has 1 aromatic rings. The summed E-state index contributed by atoms with van der Waals surface area (Å²) in [5, 5.41) is 19.2. The maximum Gasteiger partial charge on any atom is 0.492 e. The lowest BCUT2D eigenvalue weighted by Crippen LogP contribution is -2.44. The number of rotatable bonds is 2. The van der Waals surface area contributed by atoms with Crippen LogP contribution in [-0.4, -0.2) is 24.0 Å². The maximum absolute atomic E-state index is 9.61. The molecule has 0 unspecified atom stereocenters. The highest BCUT2D eigenvalue weighted by atomic mass is 16.7. The average molecular weight is 249 g/mol. The van der Waals surface area contributed by atoms with E-state index in [0.717, 1.165) is 31.2 Å². The molecular formula is C12H16BNO4. The van der Waals surface area contributed by atoms with Gasteiger partial charge in [-0.1, -0.05) is 18.9 Å². The Morgan fingerprint density at radius 2 is 1.89 bits per heavy atom. The molecule has 0 atom stereocenters. The molecular weight excluding hydrogens is 233 g/mol. The molecule has 6 heteroatoms. The molecule has 1 saturated carbocycles. The molecule has 0 radical (unpaired) electrons. The van der Waals surface area contributed by atoms with Crippen LogP contribution in [0.4, 0.5) is 0 Å². The van der Waals surface area contributed by atoms with Crippen LogP contribution < -0.4 is 20.7 Å². The predicted octanol–water partition coefficient (Wildman–Crippen LogP) is -0.177. The Bertz CT molecular complexity index is 471. The van der Waals surface area contributed by atoms with Gasteiger partial charge in [-0.05, 0) is 24.5 Å². The second-order valence-corrected chi connectivity index (χ2v) is 5.00. The van der Waals surface area contributed by atoms with Crippen LogP contribution in [0.25, 0.3) is 0 Å². The predicted molar refractivity (Wildman–Crippen MR) is 66.7 cm³/mol. The van der Waals surface area contributed by atoms with E-state index in [4.69, 9.17) is 15.2 Å². The summed E-state index contributed by atoms with van der Waals surface area (Å²) >= 11 is 0. The quantitative estimate of drug-likeness (QED) is 0.633. The van der Waals surface area contributed by atoms with Gasteiger partial charge in [0, 0.05) is 11.0 Å². The van der Waals surface area contributed by atoms with Crippen LogP contribution in [0.3, 0.4) is 0 Å². The molecule has 0 bridgehead atoms. The fourth-order valence-electron chi connectivity index (χ4n) is 2.96. The number of hydrogen-bond acceptors (Lipinski definition) is 5. The van der Waals surface area contributed by atoms with Gasteiger partial charge in [0.1, 0.15) is 0 Å². The molecule has 1 aromatic carbocycles. The van der Waals surface area contributed by atoms with Gasteiger partial charge in [-0.15, -0.1) is 0 Å². The Balaban J connectivity index is 2.14. The Morgan fingerprint density at radius 1 is 1.17 bits per heavy atom. The zero-order chi connectivity index (χ0) is 12.8. The minimum absolute atomic E-state index is 0.107. The SMILES string of the molecule is NC1(c2ccc3c(c2B(O)O)OCO3)CCCC1. The third-order valence-corrected chi connectivity index (χ3v) is 3.87. The third kappa shape index (κ3) is 1.68. The first kappa shape index (κ1) is 11.8. The van der Waals surface area contributed by atoms with Crippen LogP contribution >= 0.6 is 0 Å². The summed E-state index contributed by atoms with van der Waals surface area (Å²) in [7, 11) is -1.60. The maximum atomic E-state index is 9.61. The van der Waals surface area contributed by atoms with E-state index < -0.39 is 12.7 Å². The Hall–Kier alpha value is -1.24. The Morgan fingerprint density at radius 3 is 2.56 bits per heavy atom.